The largest absolute Gasteiger partial charge is 0.103 e. The van der Waals surface area contributed by atoms with Gasteiger partial charge in [-0.25, -0.2) is 0 Å². The fourth-order valence-corrected chi connectivity index (χ4v) is 7.52. The van der Waals surface area contributed by atoms with Gasteiger partial charge in [-0.15, -0.1) is 7.92 Å². The van der Waals surface area contributed by atoms with Crippen molar-refractivity contribution in [2.45, 2.75) is 52.1 Å². The van der Waals surface area contributed by atoms with E-state index in [9.17, 15) is 0 Å². The van der Waals surface area contributed by atoms with Gasteiger partial charge in [0.05, 0.1) is 0 Å². The third kappa shape index (κ3) is 1.94. The Morgan fingerprint density at radius 1 is 1.00 bits per heavy atom. The van der Waals surface area contributed by atoms with Crippen LogP contribution in [0.25, 0.3) is 0 Å². The van der Waals surface area contributed by atoms with E-state index in [4.69, 9.17) is 0 Å². The predicted molar refractivity (Wildman–Crippen MR) is 61.9 cm³/mol. The van der Waals surface area contributed by atoms with E-state index in [1.54, 1.807) is 25.2 Å². The Labute approximate surface area is 84.2 Å². The molecule has 0 spiro atoms. The van der Waals surface area contributed by atoms with Crippen LogP contribution in [-0.4, -0.2) is 18.0 Å². The SMILES string of the molecule is CC(C)(C)[C@@H]1[C@H]2CCCCP1CC2. The maximum Gasteiger partial charge on any atom is -0.0132 e. The molecule has 0 aromatic rings. The van der Waals surface area contributed by atoms with Gasteiger partial charge in [-0.1, -0.05) is 27.2 Å². The predicted octanol–water partition coefficient (Wildman–Crippen LogP) is 4.09. The summed E-state index contributed by atoms with van der Waals surface area (Å²) < 4.78 is 0. The minimum atomic E-state index is 0.426. The lowest BCUT2D eigenvalue weighted by atomic mass is 9.81. The van der Waals surface area contributed by atoms with Crippen LogP contribution in [0.5, 0.6) is 0 Å². The first-order chi connectivity index (χ1) is 6.09. The van der Waals surface area contributed by atoms with E-state index in [0.29, 0.717) is 13.3 Å². The Kier molecular flexibility index (Phi) is 2.71. The highest BCUT2D eigenvalue weighted by Crippen LogP contribution is 2.61. The molecule has 1 unspecified atom stereocenters. The number of hydrogen-bond acceptors (Lipinski definition) is 0. The topological polar surface area (TPSA) is 0 Å². The first-order valence-corrected chi connectivity index (χ1v) is 7.61. The van der Waals surface area contributed by atoms with Crippen molar-refractivity contribution in [3.63, 3.8) is 0 Å². The average Bonchev–Trinajstić information content (AvgIpc) is 2.22. The molecule has 2 saturated heterocycles. The summed E-state index contributed by atoms with van der Waals surface area (Å²) in [7, 11) is 0.426. The van der Waals surface area contributed by atoms with E-state index < -0.39 is 0 Å². The molecule has 2 heterocycles. The first kappa shape index (κ1) is 9.97. The number of rotatable bonds is 0. The first-order valence-electron chi connectivity index (χ1n) is 5.83. The van der Waals surface area contributed by atoms with Gasteiger partial charge in [0, 0.05) is 0 Å². The van der Waals surface area contributed by atoms with Gasteiger partial charge >= 0.3 is 0 Å². The van der Waals surface area contributed by atoms with Gasteiger partial charge in [0.2, 0.25) is 0 Å². The lowest BCUT2D eigenvalue weighted by molar-refractivity contribution is 0.301. The van der Waals surface area contributed by atoms with E-state index in [2.05, 4.69) is 20.8 Å². The number of fused-ring (bicyclic) bond motifs is 2. The van der Waals surface area contributed by atoms with Crippen LogP contribution in [0.2, 0.25) is 0 Å². The molecule has 2 bridgehead atoms. The summed E-state index contributed by atoms with van der Waals surface area (Å²) in [6.45, 7) is 7.41. The fraction of sp³-hybridized carbons (Fsp3) is 1.00. The summed E-state index contributed by atoms with van der Waals surface area (Å²) >= 11 is 0. The van der Waals surface area contributed by atoms with Gasteiger partial charge in [-0.05, 0) is 48.6 Å². The highest BCUT2D eigenvalue weighted by Gasteiger charge is 2.42. The van der Waals surface area contributed by atoms with E-state index in [1.807, 2.05) is 0 Å². The standard InChI is InChI=1S/C12H23P/c1-12(2,3)11-10-6-4-5-8-13(11)9-7-10/h10-11H,4-9H2,1-3H3/t10-,11-,13?/m0/s1. The van der Waals surface area contributed by atoms with Gasteiger partial charge in [-0.2, -0.15) is 0 Å². The lowest BCUT2D eigenvalue weighted by Crippen LogP contribution is -2.28. The van der Waals surface area contributed by atoms with Crippen LogP contribution < -0.4 is 0 Å². The molecule has 13 heavy (non-hydrogen) atoms. The summed E-state index contributed by atoms with van der Waals surface area (Å²) in [6.07, 6.45) is 9.36. The van der Waals surface area contributed by atoms with Crippen molar-refractivity contribution in [3.05, 3.63) is 0 Å². The maximum atomic E-state index is 2.47. The Balaban J connectivity index is 2.16. The molecule has 3 atom stereocenters. The van der Waals surface area contributed by atoms with Gasteiger partial charge in [0.25, 0.3) is 0 Å². The summed E-state index contributed by atoms with van der Waals surface area (Å²) in [4.78, 5) is 0. The molecule has 76 valence electrons. The highest BCUT2D eigenvalue weighted by atomic mass is 31.1. The van der Waals surface area contributed by atoms with Crippen LogP contribution in [0.4, 0.5) is 0 Å². The fourth-order valence-electron chi connectivity index (χ4n) is 3.46. The zero-order valence-corrected chi connectivity index (χ0v) is 10.2. The second-order valence-corrected chi connectivity index (χ2v) is 8.52. The molecule has 0 aromatic heterocycles. The second kappa shape index (κ2) is 3.54. The zero-order chi connectivity index (χ0) is 9.47. The molecule has 1 heteroatoms. The molecule has 0 amide bonds. The lowest BCUT2D eigenvalue weighted by Gasteiger charge is -2.35. The van der Waals surface area contributed by atoms with Crippen molar-refractivity contribution in [2.24, 2.45) is 11.3 Å². The van der Waals surface area contributed by atoms with Crippen LogP contribution in [0.15, 0.2) is 0 Å². The minimum Gasteiger partial charge on any atom is -0.103 e. The zero-order valence-electron chi connectivity index (χ0n) is 9.34. The molecular weight excluding hydrogens is 175 g/mol. The Hall–Kier alpha value is 0.430. The molecule has 0 aromatic carbocycles. The third-order valence-electron chi connectivity index (χ3n) is 3.78. The summed E-state index contributed by atoms with van der Waals surface area (Å²) in [5.41, 5.74) is 1.70. The summed E-state index contributed by atoms with van der Waals surface area (Å²) in [6, 6.07) is 0. The van der Waals surface area contributed by atoms with E-state index in [-0.39, 0.29) is 0 Å². The average molecular weight is 198 g/mol. The minimum absolute atomic E-state index is 0.426. The van der Waals surface area contributed by atoms with Crippen molar-refractivity contribution in [2.75, 3.05) is 12.3 Å². The monoisotopic (exact) mass is 198 g/mol. The van der Waals surface area contributed by atoms with Gasteiger partial charge in [-0.3, -0.25) is 0 Å². The quantitative estimate of drug-likeness (QED) is 0.514. The molecule has 0 radical (unpaired) electrons. The van der Waals surface area contributed by atoms with Crippen LogP contribution >= 0.6 is 7.92 Å². The highest BCUT2D eigenvalue weighted by molar-refractivity contribution is 7.58. The van der Waals surface area contributed by atoms with Gasteiger partial charge in [0.1, 0.15) is 0 Å². The summed E-state index contributed by atoms with van der Waals surface area (Å²) in [5, 5.41) is 0. The molecule has 2 aliphatic rings. The Bertz CT molecular complexity index is 166. The molecule has 0 N–H and O–H groups in total. The van der Waals surface area contributed by atoms with Crippen molar-refractivity contribution < 1.29 is 0 Å². The second-order valence-electron chi connectivity index (χ2n) is 5.89. The van der Waals surface area contributed by atoms with Crippen LogP contribution in [-0.2, 0) is 0 Å². The molecule has 2 aliphatic heterocycles. The summed E-state index contributed by atoms with van der Waals surface area (Å²) in [5.74, 6) is 1.11. The third-order valence-corrected chi connectivity index (χ3v) is 7.49. The maximum absolute atomic E-state index is 2.47. The van der Waals surface area contributed by atoms with Crippen LogP contribution in [0, 0.1) is 11.3 Å². The molecule has 2 rings (SSSR count). The van der Waals surface area contributed by atoms with Crippen molar-refractivity contribution in [3.8, 4) is 0 Å². The van der Waals surface area contributed by atoms with E-state index in [0.717, 1.165) is 11.6 Å². The van der Waals surface area contributed by atoms with E-state index in [1.165, 1.54) is 12.8 Å². The van der Waals surface area contributed by atoms with Gasteiger partial charge < -0.3 is 0 Å². The Morgan fingerprint density at radius 3 is 2.46 bits per heavy atom. The molecule has 0 aliphatic carbocycles. The van der Waals surface area contributed by atoms with Crippen molar-refractivity contribution in [1.29, 1.82) is 0 Å². The van der Waals surface area contributed by atoms with Gasteiger partial charge in [0.15, 0.2) is 0 Å². The molecule has 0 saturated carbocycles. The molecular formula is C12H23P. The Morgan fingerprint density at radius 2 is 1.77 bits per heavy atom. The molecule has 0 nitrogen and oxygen atoms in total. The number of hydrogen-bond donors (Lipinski definition) is 0. The smallest absolute Gasteiger partial charge is 0.0132 e. The molecule has 2 fully saturated rings. The van der Waals surface area contributed by atoms with Crippen LogP contribution in [0.3, 0.4) is 0 Å². The van der Waals surface area contributed by atoms with Crippen molar-refractivity contribution >= 4 is 7.92 Å². The normalized spacial score (nSPS) is 40.4. The van der Waals surface area contributed by atoms with Crippen LogP contribution in [0.1, 0.15) is 46.5 Å². The van der Waals surface area contributed by atoms with Crippen molar-refractivity contribution in [1.82, 2.24) is 0 Å². The van der Waals surface area contributed by atoms with E-state index >= 15 is 0 Å².